The van der Waals surface area contributed by atoms with Crippen molar-refractivity contribution < 1.29 is 13.2 Å². The van der Waals surface area contributed by atoms with Crippen LogP contribution in [0.15, 0.2) is 24.3 Å². The van der Waals surface area contributed by atoms with E-state index >= 15 is 0 Å². The maximum atomic E-state index is 11.9. The van der Waals surface area contributed by atoms with Gasteiger partial charge in [0.25, 0.3) is 0 Å². The summed E-state index contributed by atoms with van der Waals surface area (Å²) in [7, 11) is -3.49. The first kappa shape index (κ1) is 17.5. The summed E-state index contributed by atoms with van der Waals surface area (Å²) in [6.07, 6.45) is 3.86. The van der Waals surface area contributed by atoms with E-state index in [1.165, 1.54) is 0 Å². The Morgan fingerprint density at radius 1 is 1.19 bits per heavy atom. The van der Waals surface area contributed by atoms with Crippen molar-refractivity contribution in [3.63, 3.8) is 0 Å². The lowest BCUT2D eigenvalue weighted by molar-refractivity contribution is -0.119. The first-order valence-electron chi connectivity index (χ1n) is 7.21. The summed E-state index contributed by atoms with van der Waals surface area (Å²) in [5.74, 6) is -0.284. The van der Waals surface area contributed by atoms with Crippen LogP contribution in [0.2, 0.25) is 0 Å². The highest BCUT2D eigenvalue weighted by atomic mass is 32.2. The third-order valence-corrected chi connectivity index (χ3v) is 4.31. The molecule has 1 aromatic rings. The topological polar surface area (TPSA) is 66.5 Å². The number of hydrogen-bond acceptors (Lipinski definition) is 3. The molecule has 0 aliphatic rings. The summed E-state index contributed by atoms with van der Waals surface area (Å²) < 4.78 is 24.9. The number of aryl methyl sites for hydroxylation is 1. The molecule has 1 aromatic carbocycles. The van der Waals surface area contributed by atoms with Crippen LogP contribution in [0.1, 0.15) is 32.3 Å². The summed E-state index contributed by atoms with van der Waals surface area (Å²) in [6.45, 7) is 4.45. The Bertz CT molecular complexity index is 553. The molecule has 0 unspecified atom stereocenters. The monoisotopic (exact) mass is 312 g/mol. The van der Waals surface area contributed by atoms with E-state index in [-0.39, 0.29) is 12.5 Å². The molecule has 0 spiro atoms. The van der Waals surface area contributed by atoms with Crippen LogP contribution in [0.4, 0.5) is 5.69 Å². The van der Waals surface area contributed by atoms with E-state index in [1.807, 2.05) is 26.0 Å². The number of nitrogens with zero attached hydrogens (tertiary/aromatic N) is 1. The van der Waals surface area contributed by atoms with Crippen LogP contribution in [0.3, 0.4) is 0 Å². The molecule has 6 heteroatoms. The minimum Gasteiger partial charge on any atom is -0.355 e. The highest BCUT2D eigenvalue weighted by Crippen LogP contribution is 2.18. The van der Waals surface area contributed by atoms with E-state index in [9.17, 15) is 13.2 Å². The Balaban J connectivity index is 2.83. The predicted octanol–water partition coefficient (Wildman–Crippen LogP) is 1.93. The number of nitrogens with one attached hydrogen (secondary N) is 1. The molecule has 0 radical (unpaired) electrons. The summed E-state index contributed by atoms with van der Waals surface area (Å²) >= 11 is 0. The largest absolute Gasteiger partial charge is 0.355 e. The van der Waals surface area contributed by atoms with Crippen molar-refractivity contribution >= 4 is 21.6 Å². The zero-order valence-corrected chi connectivity index (χ0v) is 13.7. The molecule has 5 nitrogen and oxygen atoms in total. The summed E-state index contributed by atoms with van der Waals surface area (Å²) in [5, 5.41) is 2.73. The number of unbranched alkanes of at least 4 members (excludes halogenated alkanes) is 1. The molecule has 118 valence electrons. The molecule has 0 saturated carbocycles. The minimum absolute atomic E-state index is 0.186. The van der Waals surface area contributed by atoms with Crippen molar-refractivity contribution in [2.24, 2.45) is 0 Å². The Morgan fingerprint density at radius 2 is 1.81 bits per heavy atom. The van der Waals surface area contributed by atoms with E-state index in [4.69, 9.17) is 0 Å². The number of rotatable bonds is 8. The van der Waals surface area contributed by atoms with E-state index < -0.39 is 10.0 Å². The van der Waals surface area contributed by atoms with Crippen molar-refractivity contribution in [2.45, 2.75) is 33.1 Å². The van der Waals surface area contributed by atoms with E-state index in [1.54, 1.807) is 12.1 Å². The fraction of sp³-hybridized carbons (Fsp3) is 0.533. The van der Waals surface area contributed by atoms with Crippen LogP contribution in [0, 0.1) is 0 Å². The number of anilines is 1. The Hall–Kier alpha value is -1.56. The summed E-state index contributed by atoms with van der Waals surface area (Å²) in [5.41, 5.74) is 1.64. The van der Waals surface area contributed by atoms with Gasteiger partial charge in [-0.05, 0) is 30.5 Å². The van der Waals surface area contributed by atoms with Gasteiger partial charge in [-0.3, -0.25) is 9.10 Å². The molecule has 0 atom stereocenters. The molecule has 21 heavy (non-hydrogen) atoms. The second-order valence-electron chi connectivity index (χ2n) is 4.99. The minimum atomic E-state index is -3.49. The van der Waals surface area contributed by atoms with E-state index in [0.717, 1.165) is 35.4 Å². The first-order valence-corrected chi connectivity index (χ1v) is 9.06. The normalized spacial score (nSPS) is 11.2. The van der Waals surface area contributed by atoms with Crippen LogP contribution >= 0.6 is 0 Å². The van der Waals surface area contributed by atoms with Gasteiger partial charge >= 0.3 is 0 Å². The van der Waals surface area contributed by atoms with E-state index in [0.29, 0.717) is 12.2 Å². The zero-order chi connectivity index (χ0) is 15.9. The lowest BCUT2D eigenvalue weighted by atomic mass is 10.1. The van der Waals surface area contributed by atoms with Gasteiger partial charge in [0.05, 0.1) is 11.9 Å². The molecule has 0 aliphatic carbocycles. The maximum absolute atomic E-state index is 11.9. The van der Waals surface area contributed by atoms with Crippen LogP contribution in [0.5, 0.6) is 0 Å². The fourth-order valence-corrected chi connectivity index (χ4v) is 2.75. The predicted molar refractivity (Wildman–Crippen MR) is 85.9 cm³/mol. The number of carbonyl (C=O) groups excluding carboxylic acids is 1. The average molecular weight is 312 g/mol. The van der Waals surface area contributed by atoms with Crippen LogP contribution in [-0.4, -0.2) is 33.7 Å². The lowest BCUT2D eigenvalue weighted by Gasteiger charge is -2.22. The molecule has 0 aliphatic heterocycles. The number of hydrogen-bond donors (Lipinski definition) is 1. The van der Waals surface area contributed by atoms with Gasteiger partial charge in [-0.2, -0.15) is 0 Å². The molecule has 1 N–H and O–H groups in total. The molecular weight excluding hydrogens is 288 g/mol. The molecule has 0 saturated heterocycles. The van der Waals surface area contributed by atoms with Crippen molar-refractivity contribution in [2.75, 3.05) is 23.7 Å². The summed E-state index contributed by atoms with van der Waals surface area (Å²) in [6, 6.07) is 7.23. The van der Waals surface area contributed by atoms with Gasteiger partial charge < -0.3 is 5.32 Å². The number of amides is 1. The maximum Gasteiger partial charge on any atom is 0.240 e. The van der Waals surface area contributed by atoms with Gasteiger partial charge in [0.1, 0.15) is 6.54 Å². The van der Waals surface area contributed by atoms with Crippen molar-refractivity contribution in [1.82, 2.24) is 5.32 Å². The van der Waals surface area contributed by atoms with Gasteiger partial charge in [0.2, 0.25) is 15.9 Å². The lowest BCUT2D eigenvalue weighted by Crippen LogP contribution is -2.40. The smallest absolute Gasteiger partial charge is 0.240 e. The van der Waals surface area contributed by atoms with Crippen LogP contribution in [0.25, 0.3) is 0 Å². The number of sulfonamides is 1. The number of carbonyl (C=O) groups is 1. The first-order chi connectivity index (χ1) is 9.88. The third kappa shape index (κ3) is 5.75. The van der Waals surface area contributed by atoms with E-state index in [2.05, 4.69) is 5.32 Å². The number of benzene rings is 1. The highest BCUT2D eigenvalue weighted by molar-refractivity contribution is 7.92. The van der Waals surface area contributed by atoms with Gasteiger partial charge in [0.15, 0.2) is 0 Å². The Kier molecular flexibility index (Phi) is 6.68. The van der Waals surface area contributed by atoms with Gasteiger partial charge in [-0.25, -0.2) is 8.42 Å². The quantitative estimate of drug-likeness (QED) is 0.746. The fourth-order valence-electron chi connectivity index (χ4n) is 1.89. The zero-order valence-electron chi connectivity index (χ0n) is 12.9. The molecule has 0 aromatic heterocycles. The molecule has 0 bridgehead atoms. The molecular formula is C15H24N2O3S. The second kappa shape index (κ2) is 8.02. The van der Waals surface area contributed by atoms with Gasteiger partial charge in [0, 0.05) is 6.54 Å². The molecule has 0 heterocycles. The van der Waals surface area contributed by atoms with Gasteiger partial charge in [-0.1, -0.05) is 32.4 Å². The third-order valence-electron chi connectivity index (χ3n) is 3.17. The second-order valence-corrected chi connectivity index (χ2v) is 6.90. The molecule has 1 rings (SSSR count). The van der Waals surface area contributed by atoms with Crippen LogP contribution < -0.4 is 9.62 Å². The van der Waals surface area contributed by atoms with Crippen molar-refractivity contribution in [3.05, 3.63) is 29.8 Å². The van der Waals surface area contributed by atoms with Crippen molar-refractivity contribution in [1.29, 1.82) is 0 Å². The SMILES string of the molecule is CCCCNC(=O)CN(c1ccc(CC)cc1)S(C)(=O)=O. The average Bonchev–Trinajstić information content (AvgIpc) is 2.44. The molecule has 1 amide bonds. The van der Waals surface area contributed by atoms with Crippen LogP contribution in [-0.2, 0) is 21.2 Å². The molecule has 0 fully saturated rings. The summed E-state index contributed by atoms with van der Waals surface area (Å²) in [4.78, 5) is 11.9. The van der Waals surface area contributed by atoms with Crippen molar-refractivity contribution in [3.8, 4) is 0 Å². The Morgan fingerprint density at radius 3 is 2.29 bits per heavy atom. The standard InChI is InChI=1S/C15H24N2O3S/c1-4-6-11-16-15(18)12-17(21(3,19)20)14-9-7-13(5-2)8-10-14/h7-10H,4-6,11-12H2,1-3H3,(H,16,18). The van der Waals surface area contributed by atoms with Gasteiger partial charge in [-0.15, -0.1) is 0 Å². The highest BCUT2D eigenvalue weighted by Gasteiger charge is 2.20. The Labute approximate surface area is 127 Å².